The van der Waals surface area contributed by atoms with Gasteiger partial charge in [-0.1, -0.05) is 35.9 Å². The maximum absolute atomic E-state index is 14.5. The lowest BCUT2D eigenvalue weighted by molar-refractivity contribution is 0.481. The first-order valence-electron chi connectivity index (χ1n) is 7.55. The van der Waals surface area contributed by atoms with Crippen molar-refractivity contribution in [3.05, 3.63) is 83.9 Å². The number of rotatable bonds is 3. The third-order valence-corrected chi connectivity index (χ3v) is 4.03. The quantitative estimate of drug-likeness (QED) is 0.477. The van der Waals surface area contributed by atoms with Gasteiger partial charge in [0.15, 0.2) is 0 Å². The third kappa shape index (κ3) is 3.04. The lowest BCUT2D eigenvalue weighted by Crippen LogP contribution is -1.93. The smallest absolute Gasteiger partial charge is 0.132 e. The summed E-state index contributed by atoms with van der Waals surface area (Å²) in [5.74, 6) is 0.729. The van der Waals surface area contributed by atoms with Crippen molar-refractivity contribution in [3.63, 3.8) is 0 Å². The molecular formula is C20H11ClFN2O. The van der Waals surface area contributed by atoms with Gasteiger partial charge in [0.05, 0.1) is 16.2 Å². The molecule has 0 amide bonds. The van der Waals surface area contributed by atoms with Crippen LogP contribution in [-0.4, -0.2) is 9.97 Å². The van der Waals surface area contributed by atoms with Crippen molar-refractivity contribution < 1.29 is 9.13 Å². The van der Waals surface area contributed by atoms with Gasteiger partial charge in [-0.05, 0) is 42.5 Å². The second-order valence-corrected chi connectivity index (χ2v) is 5.75. The van der Waals surface area contributed by atoms with Gasteiger partial charge in [0.2, 0.25) is 0 Å². The first-order chi connectivity index (χ1) is 12.2. The van der Waals surface area contributed by atoms with E-state index in [1.165, 1.54) is 12.4 Å². The molecule has 25 heavy (non-hydrogen) atoms. The van der Waals surface area contributed by atoms with Gasteiger partial charge in [-0.3, -0.25) is 0 Å². The van der Waals surface area contributed by atoms with Crippen molar-refractivity contribution in [2.24, 2.45) is 0 Å². The van der Waals surface area contributed by atoms with Gasteiger partial charge in [0, 0.05) is 10.9 Å². The molecule has 0 aliphatic heterocycles. The van der Waals surface area contributed by atoms with E-state index in [1.807, 2.05) is 12.1 Å². The van der Waals surface area contributed by atoms with Gasteiger partial charge in [-0.25, -0.2) is 14.4 Å². The second-order valence-electron chi connectivity index (χ2n) is 5.34. The molecule has 121 valence electrons. The van der Waals surface area contributed by atoms with Gasteiger partial charge in [0.25, 0.3) is 0 Å². The van der Waals surface area contributed by atoms with Crippen molar-refractivity contribution in [2.45, 2.75) is 0 Å². The number of fused-ring (bicyclic) bond motifs is 1. The number of hydrogen-bond acceptors (Lipinski definition) is 3. The number of benzene rings is 3. The molecule has 4 aromatic rings. The monoisotopic (exact) mass is 349 g/mol. The van der Waals surface area contributed by atoms with Crippen LogP contribution in [0.5, 0.6) is 11.5 Å². The number of para-hydroxylation sites is 1. The van der Waals surface area contributed by atoms with Crippen LogP contribution >= 0.6 is 11.6 Å². The fourth-order valence-corrected chi connectivity index (χ4v) is 2.82. The maximum atomic E-state index is 14.5. The summed E-state index contributed by atoms with van der Waals surface area (Å²) >= 11 is 6.18. The van der Waals surface area contributed by atoms with Gasteiger partial charge < -0.3 is 4.74 Å². The Morgan fingerprint density at radius 1 is 1.00 bits per heavy atom. The van der Waals surface area contributed by atoms with Crippen LogP contribution in [0.2, 0.25) is 5.02 Å². The van der Waals surface area contributed by atoms with Crippen molar-refractivity contribution in [1.82, 2.24) is 9.97 Å². The number of ether oxygens (including phenoxy) is 1. The maximum Gasteiger partial charge on any atom is 0.132 e. The number of aromatic nitrogens is 2. The molecule has 4 rings (SSSR count). The summed E-state index contributed by atoms with van der Waals surface area (Å²) in [6, 6.07) is 19.9. The highest BCUT2D eigenvalue weighted by atomic mass is 35.5. The second kappa shape index (κ2) is 6.49. The highest BCUT2D eigenvalue weighted by molar-refractivity contribution is 6.35. The normalized spacial score (nSPS) is 10.8. The molecule has 0 bridgehead atoms. The highest BCUT2D eigenvalue weighted by Gasteiger charge is 2.14. The predicted molar refractivity (Wildman–Crippen MR) is 95.3 cm³/mol. The van der Waals surface area contributed by atoms with E-state index in [9.17, 15) is 4.39 Å². The molecule has 0 fully saturated rings. The molecule has 5 heteroatoms. The summed E-state index contributed by atoms with van der Waals surface area (Å²) < 4.78 is 20.2. The fraction of sp³-hybridized carbons (Fsp3) is 0. The molecule has 1 radical (unpaired) electrons. The van der Waals surface area contributed by atoms with Crippen LogP contribution in [0.4, 0.5) is 4.39 Å². The van der Waals surface area contributed by atoms with Crippen LogP contribution in [0.15, 0.2) is 67.0 Å². The molecule has 0 saturated carbocycles. The van der Waals surface area contributed by atoms with Crippen LogP contribution < -0.4 is 4.74 Å². The average molecular weight is 350 g/mol. The van der Waals surface area contributed by atoms with Crippen molar-refractivity contribution in [2.75, 3.05) is 0 Å². The minimum atomic E-state index is -0.396. The topological polar surface area (TPSA) is 35.0 Å². The minimum Gasteiger partial charge on any atom is -0.457 e. The summed E-state index contributed by atoms with van der Waals surface area (Å²) in [7, 11) is 0. The van der Waals surface area contributed by atoms with E-state index in [0.717, 1.165) is 0 Å². The SMILES string of the molecule is Fc1ccc(Oc2c[c]ccc2)cc1-c1ncnc2c(Cl)cccc12. The zero-order valence-corrected chi connectivity index (χ0v) is 13.7. The molecule has 0 atom stereocenters. The first-order valence-corrected chi connectivity index (χ1v) is 7.93. The van der Waals surface area contributed by atoms with E-state index in [1.54, 1.807) is 42.5 Å². The molecule has 0 unspecified atom stereocenters. The van der Waals surface area contributed by atoms with Crippen LogP contribution in [0.3, 0.4) is 0 Å². The Bertz CT molecular complexity index is 1050. The average Bonchev–Trinajstić information content (AvgIpc) is 2.64. The van der Waals surface area contributed by atoms with Gasteiger partial charge in [-0.2, -0.15) is 0 Å². The zero-order chi connectivity index (χ0) is 17.2. The Kier molecular flexibility index (Phi) is 4.04. The molecule has 3 aromatic carbocycles. The van der Waals surface area contributed by atoms with Gasteiger partial charge in [0.1, 0.15) is 23.6 Å². The predicted octanol–water partition coefficient (Wildman–Crippen LogP) is 5.68. The summed E-state index contributed by atoms with van der Waals surface area (Å²) in [6.45, 7) is 0. The molecule has 0 spiro atoms. The molecule has 0 N–H and O–H groups in total. The number of halogens is 2. The highest BCUT2D eigenvalue weighted by Crippen LogP contribution is 2.33. The number of nitrogens with zero attached hydrogens (tertiary/aromatic N) is 2. The molecule has 0 saturated heterocycles. The Morgan fingerprint density at radius 3 is 2.76 bits per heavy atom. The Hall–Kier alpha value is -2.98. The fourth-order valence-electron chi connectivity index (χ4n) is 2.59. The van der Waals surface area contributed by atoms with Crippen LogP contribution in [0.25, 0.3) is 22.2 Å². The Labute approximate surface area is 148 Å². The number of hydrogen-bond donors (Lipinski definition) is 0. The van der Waals surface area contributed by atoms with Crippen molar-refractivity contribution in [3.8, 4) is 22.8 Å². The minimum absolute atomic E-state index is 0.326. The molecule has 0 aliphatic carbocycles. The standard InChI is InChI=1S/C20H11ClFN2O/c21-17-8-4-7-15-19(23-12-24-20(15)17)16-11-14(9-10-18(16)22)25-13-5-2-1-3-6-13/h1-2,4-12H. The summed E-state index contributed by atoms with van der Waals surface area (Å²) in [6.07, 6.45) is 1.38. The molecule has 3 nitrogen and oxygen atoms in total. The van der Waals surface area contributed by atoms with Crippen molar-refractivity contribution in [1.29, 1.82) is 0 Å². The molecule has 1 heterocycles. The lowest BCUT2D eigenvalue weighted by Gasteiger charge is -2.10. The van der Waals surface area contributed by atoms with E-state index in [-0.39, 0.29) is 0 Å². The summed E-state index contributed by atoms with van der Waals surface area (Å²) in [5.41, 5.74) is 1.37. The lowest BCUT2D eigenvalue weighted by atomic mass is 10.1. The first kappa shape index (κ1) is 15.5. The third-order valence-electron chi connectivity index (χ3n) is 3.72. The van der Waals surface area contributed by atoms with Crippen LogP contribution in [0, 0.1) is 11.9 Å². The van der Waals surface area contributed by atoms with Gasteiger partial charge in [-0.15, -0.1) is 0 Å². The Balaban J connectivity index is 1.83. The molecule has 0 aliphatic rings. The summed E-state index contributed by atoms with van der Waals surface area (Å²) in [5, 5.41) is 1.17. The van der Waals surface area contributed by atoms with Gasteiger partial charge >= 0.3 is 0 Å². The van der Waals surface area contributed by atoms with E-state index < -0.39 is 5.82 Å². The Morgan fingerprint density at radius 2 is 1.92 bits per heavy atom. The van der Waals surface area contributed by atoms with E-state index in [2.05, 4.69) is 16.0 Å². The largest absolute Gasteiger partial charge is 0.457 e. The van der Waals surface area contributed by atoms with Crippen molar-refractivity contribution >= 4 is 22.5 Å². The van der Waals surface area contributed by atoms with E-state index >= 15 is 0 Å². The zero-order valence-electron chi connectivity index (χ0n) is 12.9. The van der Waals surface area contributed by atoms with Crippen LogP contribution in [-0.2, 0) is 0 Å². The van der Waals surface area contributed by atoms with E-state index in [4.69, 9.17) is 16.3 Å². The van der Waals surface area contributed by atoms with Crippen LogP contribution in [0.1, 0.15) is 0 Å². The molecular weight excluding hydrogens is 339 g/mol. The van der Waals surface area contributed by atoms with E-state index in [0.29, 0.717) is 38.7 Å². The molecule has 1 aromatic heterocycles. The summed E-state index contributed by atoms with van der Waals surface area (Å²) in [4.78, 5) is 8.44.